The zero-order valence-corrected chi connectivity index (χ0v) is 53.9. The molecule has 0 saturated carbocycles. The van der Waals surface area contributed by atoms with Gasteiger partial charge >= 0.3 is 5.97 Å². The van der Waals surface area contributed by atoms with Crippen LogP contribution >= 0.6 is 0 Å². The highest BCUT2D eigenvalue weighted by molar-refractivity contribution is 5.96. The number of amides is 2. The van der Waals surface area contributed by atoms with Crippen molar-refractivity contribution in [2.75, 3.05) is 60.2 Å². The number of aliphatic hydroxyl groups excluding tert-OH is 9. The first-order valence-corrected chi connectivity index (χ1v) is 31.5. The summed E-state index contributed by atoms with van der Waals surface area (Å²) in [4.78, 5) is 69.8. The number of benzene rings is 1. The van der Waals surface area contributed by atoms with Crippen LogP contribution in [-0.4, -0.2) is 243 Å². The number of cyclic esters (lactones) is 1. The maximum absolute atomic E-state index is 14.0. The molecule has 1 aromatic carbocycles. The number of hydrogen-bond donors (Lipinski definition) is 13. The molecule has 19 atom stereocenters. The Balaban J connectivity index is 1.62. The minimum Gasteiger partial charge on any atom is -0.461 e. The van der Waals surface area contributed by atoms with Crippen molar-refractivity contribution in [2.24, 2.45) is 17.8 Å². The lowest BCUT2D eigenvalue weighted by Crippen LogP contribution is -2.64. The van der Waals surface area contributed by atoms with Crippen molar-refractivity contribution in [3.8, 4) is 0 Å². The standard InChI is InChI=1S/C67H103N5O19/c1-42-21-19-17-15-13-11-9-10-12-14-16-18-20-22-54(89-66-63(85)61(62(84)44(3)88-66)70-58(82)41-72(7)8)38-57-60(65(86)69-29-30-71(5)6)56(81)40-67(87,91-57)39-53(79)35-51(77)33-49(75)31-48(74)32-50(76)34-52(78)37-59(83)90-64(42)43(2)23-28-47(73)36-55(80)45-24-26-46(68-4)27-25-45/h9-22,24-27,42-44,47-49,51-54,56-57,60-64,66,68,73-75,77-79,81,84-85,87H,23,28-41H2,1-8H3,(H,69,86)(H,70,82)/b10-9+,13-11+,14-12+,17-15+,18-16+,21-19-,22-20+/t42-,43-,44+,47?,48+,49-,51-,52+,53-,54-,56-,57-,60+,61-,62+,63-,64-,66-,67+/m0/s1. The average Bonchev–Trinajstić information content (AvgIpc) is 0.818. The summed E-state index contributed by atoms with van der Waals surface area (Å²) >= 11 is 0. The first-order chi connectivity index (χ1) is 43.1. The number of ketones is 2. The molecule has 24 heteroatoms. The van der Waals surface area contributed by atoms with Gasteiger partial charge in [-0.05, 0) is 97.4 Å². The van der Waals surface area contributed by atoms with E-state index in [0.717, 1.165) is 5.69 Å². The van der Waals surface area contributed by atoms with E-state index in [9.17, 15) is 75.0 Å². The van der Waals surface area contributed by atoms with Gasteiger partial charge in [0, 0.05) is 75.8 Å². The van der Waals surface area contributed by atoms with E-state index in [4.69, 9.17) is 18.9 Å². The van der Waals surface area contributed by atoms with Gasteiger partial charge in [0.2, 0.25) is 11.8 Å². The molecule has 2 bridgehead atoms. The van der Waals surface area contributed by atoms with Crippen LogP contribution in [0.15, 0.2) is 109 Å². The van der Waals surface area contributed by atoms with Crippen molar-refractivity contribution in [3.05, 3.63) is 115 Å². The van der Waals surface area contributed by atoms with E-state index < -0.39 is 178 Å². The summed E-state index contributed by atoms with van der Waals surface area (Å²) in [7, 11) is 8.75. The van der Waals surface area contributed by atoms with Gasteiger partial charge in [0.15, 0.2) is 17.9 Å². The van der Waals surface area contributed by atoms with Crippen LogP contribution in [0.4, 0.5) is 5.69 Å². The number of Topliss-reactive ketones (excluding diaryl/α,β-unsaturated/α-hetero) is 2. The Kier molecular flexibility index (Phi) is 34.0. The smallest absolute Gasteiger partial charge is 0.308 e. The highest BCUT2D eigenvalue weighted by Crippen LogP contribution is 2.38. The number of esters is 1. The van der Waals surface area contributed by atoms with E-state index in [-0.39, 0.29) is 50.0 Å². The maximum Gasteiger partial charge on any atom is 0.308 e. The first kappa shape index (κ1) is 77.8. The Labute approximate surface area is 535 Å². The second-order valence-corrected chi connectivity index (χ2v) is 24.9. The fourth-order valence-corrected chi connectivity index (χ4v) is 11.3. The number of ether oxygens (including phenoxy) is 4. The molecule has 0 spiro atoms. The number of carbonyl (C=O) groups is 5. The minimum atomic E-state index is -2.32. The number of carbonyl (C=O) groups excluding carboxylic acids is 5. The van der Waals surface area contributed by atoms with Gasteiger partial charge in [-0.1, -0.05) is 98.9 Å². The molecular weight excluding hydrogens is 1180 g/mol. The van der Waals surface area contributed by atoms with Crippen LogP contribution < -0.4 is 16.0 Å². The summed E-state index contributed by atoms with van der Waals surface area (Å²) in [6, 6.07) is 5.68. The molecule has 0 radical (unpaired) electrons. The van der Waals surface area contributed by atoms with Crippen molar-refractivity contribution in [3.63, 3.8) is 0 Å². The first-order valence-electron chi connectivity index (χ1n) is 31.5. The third kappa shape index (κ3) is 28.6. The summed E-state index contributed by atoms with van der Waals surface area (Å²) in [5.41, 5.74) is 1.30. The van der Waals surface area contributed by atoms with Crippen molar-refractivity contribution >= 4 is 35.0 Å². The average molecular weight is 1280 g/mol. The Bertz CT molecular complexity index is 2610. The van der Waals surface area contributed by atoms with Gasteiger partial charge < -0.3 is 95.8 Å². The van der Waals surface area contributed by atoms with Gasteiger partial charge in [0.1, 0.15) is 24.1 Å². The highest BCUT2D eigenvalue weighted by Gasteiger charge is 2.51. The topological polar surface area (TPSA) is 367 Å². The lowest BCUT2D eigenvalue weighted by molar-refractivity contribution is -0.307. The molecule has 13 N–H and O–H groups in total. The lowest BCUT2D eigenvalue weighted by Gasteiger charge is -2.46. The van der Waals surface area contributed by atoms with Crippen molar-refractivity contribution in [1.29, 1.82) is 0 Å². The maximum atomic E-state index is 14.0. The van der Waals surface area contributed by atoms with Gasteiger partial charge in [-0.3, -0.25) is 24.0 Å². The number of nitrogens with one attached hydrogen (secondary N) is 3. The number of fused-ring (bicyclic) bond motifs is 2. The van der Waals surface area contributed by atoms with Crippen LogP contribution in [0.25, 0.3) is 0 Å². The number of nitrogens with zero attached hydrogens (tertiary/aromatic N) is 2. The number of anilines is 1. The molecule has 4 rings (SSSR count). The van der Waals surface area contributed by atoms with Crippen LogP contribution in [0.1, 0.15) is 108 Å². The number of allylic oxidation sites excluding steroid dienone is 12. The Morgan fingerprint density at radius 2 is 1.27 bits per heavy atom. The number of hydrogen-bond acceptors (Lipinski definition) is 22. The SMILES string of the molecule is CNc1ccc(C(=O)CC(O)CC[C@H](C)[C@H]2OC(=O)C[C@H](O)CC(=O)C[C@H](O)C[C@H](O)C[C@H](O)C[C@H](O)C[C@]3(O)C[C@H](O)[C@@H](C(=O)NCCN(C)C)[C@H](C[C@@H](O[C@@H]4O[C@H](C)[C@@H](O)[C@H](NC(=O)CN(C)C)[C@@H]4O)/C=C/C=C/C=C/C=C/C=C/C=C/C=C\[C@@H]2C)O3)cc1. The van der Waals surface area contributed by atoms with E-state index in [0.29, 0.717) is 18.5 Å². The Morgan fingerprint density at radius 1 is 0.703 bits per heavy atom. The molecular formula is C67H103N5O19. The van der Waals surface area contributed by atoms with E-state index in [2.05, 4.69) is 16.0 Å². The van der Waals surface area contributed by atoms with E-state index in [1.807, 2.05) is 38.9 Å². The molecule has 1 aromatic rings. The number of rotatable bonds is 17. The summed E-state index contributed by atoms with van der Waals surface area (Å²) in [5, 5.41) is 121. The summed E-state index contributed by atoms with van der Waals surface area (Å²) in [6.45, 7) is 5.81. The number of aliphatic hydroxyl groups is 10. The van der Waals surface area contributed by atoms with E-state index in [1.165, 1.54) is 6.92 Å². The summed E-state index contributed by atoms with van der Waals surface area (Å²) in [5.74, 6) is -7.10. The molecule has 3 aliphatic heterocycles. The van der Waals surface area contributed by atoms with Gasteiger partial charge in [-0.15, -0.1) is 0 Å². The minimum absolute atomic E-state index is 0.0513. The molecule has 2 fully saturated rings. The quantitative estimate of drug-likeness (QED) is 0.0784. The van der Waals surface area contributed by atoms with Gasteiger partial charge in [0.05, 0.1) is 86.0 Å². The molecule has 2 saturated heterocycles. The Hall–Kier alpha value is -5.65. The predicted octanol–water partition coefficient (Wildman–Crippen LogP) is 2.06. The Morgan fingerprint density at radius 3 is 1.87 bits per heavy atom. The van der Waals surface area contributed by atoms with E-state index in [1.54, 1.807) is 129 Å². The van der Waals surface area contributed by atoms with Crippen LogP contribution in [-0.2, 0) is 38.1 Å². The van der Waals surface area contributed by atoms with Crippen LogP contribution in [0.3, 0.4) is 0 Å². The van der Waals surface area contributed by atoms with Crippen LogP contribution in [0.5, 0.6) is 0 Å². The molecule has 3 aliphatic rings. The van der Waals surface area contributed by atoms with Crippen LogP contribution in [0.2, 0.25) is 0 Å². The zero-order chi connectivity index (χ0) is 67.4. The number of likely N-dealkylation sites (N-methyl/N-ethyl adjacent to an activating group) is 2. The fraction of sp³-hybridized carbons (Fsp3) is 0.627. The summed E-state index contributed by atoms with van der Waals surface area (Å²) in [6.07, 6.45) is 2.19. The van der Waals surface area contributed by atoms with Gasteiger partial charge in [0.25, 0.3) is 0 Å². The molecule has 24 nitrogen and oxygen atoms in total. The normalized spacial score (nSPS) is 34.9. The molecule has 2 amide bonds. The largest absolute Gasteiger partial charge is 0.461 e. The van der Waals surface area contributed by atoms with Crippen LogP contribution in [0, 0.1) is 17.8 Å². The van der Waals surface area contributed by atoms with Crippen molar-refractivity contribution < 1.29 is 94.0 Å². The molecule has 91 heavy (non-hydrogen) atoms. The molecule has 0 aromatic heterocycles. The van der Waals surface area contributed by atoms with Crippen molar-refractivity contribution in [2.45, 2.75) is 195 Å². The summed E-state index contributed by atoms with van der Waals surface area (Å²) < 4.78 is 24.6. The molecule has 510 valence electrons. The zero-order valence-electron chi connectivity index (χ0n) is 53.9. The predicted molar refractivity (Wildman–Crippen MR) is 342 cm³/mol. The monoisotopic (exact) mass is 1280 g/mol. The van der Waals surface area contributed by atoms with Crippen molar-refractivity contribution in [1.82, 2.24) is 20.4 Å². The third-order valence-corrected chi connectivity index (χ3v) is 16.0. The van der Waals surface area contributed by atoms with Gasteiger partial charge in [-0.2, -0.15) is 0 Å². The molecule has 1 unspecified atom stereocenters. The fourth-order valence-electron chi connectivity index (χ4n) is 11.3. The highest BCUT2D eigenvalue weighted by atomic mass is 16.7. The second kappa shape index (κ2) is 39.8. The second-order valence-electron chi connectivity index (χ2n) is 24.9. The third-order valence-electron chi connectivity index (χ3n) is 16.0. The lowest BCUT2D eigenvalue weighted by atomic mass is 9.82. The molecule has 3 heterocycles. The molecule has 0 aliphatic carbocycles. The van der Waals surface area contributed by atoms with E-state index >= 15 is 0 Å². The van der Waals surface area contributed by atoms with Gasteiger partial charge in [-0.25, -0.2) is 0 Å².